The van der Waals surface area contributed by atoms with Crippen molar-refractivity contribution in [1.82, 2.24) is 14.5 Å². The van der Waals surface area contributed by atoms with Crippen molar-refractivity contribution in [2.45, 2.75) is 19.8 Å². The molecule has 0 saturated carbocycles. The van der Waals surface area contributed by atoms with Gasteiger partial charge in [0.25, 0.3) is 0 Å². The molecule has 134 valence electrons. The fraction of sp³-hybridized carbons (Fsp3) is 0.500. The lowest BCUT2D eigenvalue weighted by Crippen LogP contribution is -2.25. The van der Waals surface area contributed by atoms with E-state index in [1.807, 2.05) is 6.07 Å². The SMILES string of the molecule is Cc1nc([N+](=O)[O-])c(NC[C@H]2CCN(CCc3ccccc3)C2)n1C. The van der Waals surface area contributed by atoms with E-state index in [4.69, 9.17) is 0 Å². The maximum atomic E-state index is 11.1. The highest BCUT2D eigenvalue weighted by atomic mass is 16.6. The van der Waals surface area contributed by atoms with Crippen molar-refractivity contribution >= 4 is 11.6 Å². The first-order valence-electron chi connectivity index (χ1n) is 8.72. The van der Waals surface area contributed by atoms with E-state index in [2.05, 4.69) is 39.5 Å². The lowest BCUT2D eigenvalue weighted by molar-refractivity contribution is -0.388. The topological polar surface area (TPSA) is 76.2 Å². The lowest BCUT2D eigenvalue weighted by Gasteiger charge is -2.16. The van der Waals surface area contributed by atoms with E-state index in [9.17, 15) is 10.1 Å². The van der Waals surface area contributed by atoms with Crippen LogP contribution in [-0.2, 0) is 13.5 Å². The van der Waals surface area contributed by atoms with Crippen LogP contribution in [0.2, 0.25) is 0 Å². The summed E-state index contributed by atoms with van der Waals surface area (Å²) in [5.74, 6) is 1.57. The maximum Gasteiger partial charge on any atom is 0.406 e. The second kappa shape index (κ2) is 7.65. The third-order valence-electron chi connectivity index (χ3n) is 4.96. The van der Waals surface area contributed by atoms with Gasteiger partial charge in [0, 0.05) is 33.6 Å². The smallest absolute Gasteiger partial charge is 0.364 e. The van der Waals surface area contributed by atoms with Crippen molar-refractivity contribution in [1.29, 1.82) is 0 Å². The van der Waals surface area contributed by atoms with Crippen molar-refractivity contribution in [3.63, 3.8) is 0 Å². The number of aryl methyl sites for hydroxylation is 1. The van der Waals surface area contributed by atoms with Crippen molar-refractivity contribution < 1.29 is 4.92 Å². The van der Waals surface area contributed by atoms with E-state index in [1.165, 1.54) is 5.56 Å². The zero-order valence-electron chi connectivity index (χ0n) is 14.8. The van der Waals surface area contributed by atoms with Crippen molar-refractivity contribution in [3.8, 4) is 0 Å². The van der Waals surface area contributed by atoms with Crippen LogP contribution in [0.25, 0.3) is 0 Å². The highest BCUT2D eigenvalue weighted by Crippen LogP contribution is 2.25. The van der Waals surface area contributed by atoms with Gasteiger partial charge < -0.3 is 20.3 Å². The first-order valence-corrected chi connectivity index (χ1v) is 8.72. The first kappa shape index (κ1) is 17.4. The number of benzene rings is 1. The van der Waals surface area contributed by atoms with E-state index in [0.29, 0.717) is 17.6 Å². The normalized spacial score (nSPS) is 17.8. The summed E-state index contributed by atoms with van der Waals surface area (Å²) in [7, 11) is 1.80. The van der Waals surface area contributed by atoms with Gasteiger partial charge in [-0.3, -0.25) is 4.57 Å². The van der Waals surface area contributed by atoms with Crippen LogP contribution < -0.4 is 5.32 Å². The Bertz CT molecular complexity index is 729. The lowest BCUT2D eigenvalue weighted by atomic mass is 10.1. The Morgan fingerprint density at radius 3 is 2.84 bits per heavy atom. The van der Waals surface area contributed by atoms with Gasteiger partial charge >= 0.3 is 5.82 Å². The Morgan fingerprint density at radius 2 is 2.12 bits per heavy atom. The second-order valence-electron chi connectivity index (χ2n) is 6.72. The Morgan fingerprint density at radius 1 is 1.36 bits per heavy atom. The molecule has 1 aliphatic heterocycles. The molecule has 25 heavy (non-hydrogen) atoms. The number of nitro groups is 1. The van der Waals surface area contributed by atoms with E-state index in [-0.39, 0.29) is 5.82 Å². The summed E-state index contributed by atoms with van der Waals surface area (Å²) in [6.45, 7) is 5.70. The molecule has 3 rings (SSSR count). The second-order valence-corrected chi connectivity index (χ2v) is 6.72. The molecule has 2 heterocycles. The number of nitrogens with one attached hydrogen (secondary N) is 1. The van der Waals surface area contributed by atoms with Crippen LogP contribution in [0.4, 0.5) is 11.6 Å². The minimum absolute atomic E-state index is 0.0843. The largest absolute Gasteiger partial charge is 0.406 e. The minimum atomic E-state index is -0.420. The zero-order valence-corrected chi connectivity index (χ0v) is 14.8. The Balaban J connectivity index is 1.50. The van der Waals surface area contributed by atoms with Crippen molar-refractivity contribution in [2.24, 2.45) is 13.0 Å². The number of nitrogens with zero attached hydrogens (tertiary/aromatic N) is 4. The van der Waals surface area contributed by atoms with Crippen LogP contribution in [0.1, 0.15) is 17.8 Å². The van der Waals surface area contributed by atoms with Gasteiger partial charge in [-0.25, -0.2) is 0 Å². The van der Waals surface area contributed by atoms with E-state index in [0.717, 1.165) is 39.0 Å². The molecule has 1 aromatic carbocycles. The molecule has 0 amide bonds. The van der Waals surface area contributed by atoms with Gasteiger partial charge in [0.1, 0.15) is 0 Å². The number of rotatable bonds is 7. The van der Waals surface area contributed by atoms with E-state index < -0.39 is 4.92 Å². The molecule has 0 radical (unpaired) electrons. The van der Waals surface area contributed by atoms with Crippen LogP contribution in [0.5, 0.6) is 0 Å². The summed E-state index contributed by atoms with van der Waals surface area (Å²) in [5.41, 5.74) is 1.37. The van der Waals surface area contributed by atoms with Crippen LogP contribution in [-0.4, -0.2) is 45.6 Å². The molecule has 7 heteroatoms. The monoisotopic (exact) mass is 343 g/mol. The van der Waals surface area contributed by atoms with Gasteiger partial charge in [0.2, 0.25) is 11.6 Å². The molecule has 1 fully saturated rings. The first-order chi connectivity index (χ1) is 12.0. The van der Waals surface area contributed by atoms with Crippen LogP contribution in [0.15, 0.2) is 30.3 Å². The number of likely N-dealkylation sites (tertiary alicyclic amines) is 1. The van der Waals surface area contributed by atoms with Gasteiger partial charge in [0.15, 0.2) is 0 Å². The molecule has 2 aromatic rings. The molecule has 1 N–H and O–H groups in total. The summed E-state index contributed by atoms with van der Waals surface area (Å²) >= 11 is 0. The number of hydrogen-bond acceptors (Lipinski definition) is 5. The minimum Gasteiger partial charge on any atom is -0.364 e. The molecular formula is C18H25N5O2. The van der Waals surface area contributed by atoms with Crippen LogP contribution in [0, 0.1) is 23.0 Å². The third-order valence-corrected chi connectivity index (χ3v) is 4.96. The Kier molecular flexibility index (Phi) is 5.33. The molecule has 1 aliphatic rings. The molecular weight excluding hydrogens is 318 g/mol. The standard InChI is InChI=1S/C18H25N5O2/c1-14-20-18(23(24)25)17(21(14)2)19-12-16-9-11-22(13-16)10-8-15-6-4-3-5-7-15/h3-7,16,19H,8-13H2,1-2H3/t16-/m1/s1. The number of aromatic nitrogens is 2. The van der Waals surface area contributed by atoms with Gasteiger partial charge in [-0.1, -0.05) is 30.3 Å². The van der Waals surface area contributed by atoms with Gasteiger partial charge in [-0.15, -0.1) is 0 Å². The van der Waals surface area contributed by atoms with Crippen LogP contribution in [0.3, 0.4) is 0 Å². The van der Waals surface area contributed by atoms with Gasteiger partial charge in [-0.05, 0) is 40.8 Å². The average Bonchev–Trinajstić information content (AvgIpc) is 3.18. The van der Waals surface area contributed by atoms with Crippen LogP contribution >= 0.6 is 0 Å². The van der Waals surface area contributed by atoms with E-state index >= 15 is 0 Å². The summed E-state index contributed by atoms with van der Waals surface area (Å²) < 4.78 is 1.75. The highest BCUT2D eigenvalue weighted by Gasteiger charge is 2.26. The summed E-state index contributed by atoms with van der Waals surface area (Å²) in [4.78, 5) is 17.2. The molecule has 1 atom stereocenters. The molecule has 0 unspecified atom stereocenters. The van der Waals surface area contributed by atoms with Crippen molar-refractivity contribution in [3.05, 3.63) is 51.8 Å². The van der Waals surface area contributed by atoms with Crippen molar-refractivity contribution in [2.75, 3.05) is 31.5 Å². The summed E-state index contributed by atoms with van der Waals surface area (Å²) in [6, 6.07) is 10.5. The van der Waals surface area contributed by atoms with Gasteiger partial charge in [-0.2, -0.15) is 0 Å². The number of anilines is 1. The summed E-state index contributed by atoms with van der Waals surface area (Å²) in [6.07, 6.45) is 2.18. The Labute approximate surface area is 147 Å². The fourth-order valence-electron chi connectivity index (χ4n) is 3.37. The predicted molar refractivity (Wildman–Crippen MR) is 97.8 cm³/mol. The third kappa shape index (κ3) is 4.17. The molecule has 0 spiro atoms. The van der Waals surface area contributed by atoms with Gasteiger partial charge in [0.05, 0.1) is 0 Å². The zero-order chi connectivity index (χ0) is 17.8. The molecule has 0 bridgehead atoms. The molecule has 7 nitrogen and oxygen atoms in total. The molecule has 0 aliphatic carbocycles. The quantitative estimate of drug-likeness (QED) is 0.618. The molecule has 1 aromatic heterocycles. The Hall–Kier alpha value is -2.41. The number of imidazole rings is 1. The fourth-order valence-corrected chi connectivity index (χ4v) is 3.37. The highest BCUT2D eigenvalue weighted by molar-refractivity contribution is 5.53. The number of hydrogen-bond donors (Lipinski definition) is 1. The maximum absolute atomic E-state index is 11.1. The van der Waals surface area contributed by atoms with E-state index in [1.54, 1.807) is 18.5 Å². The predicted octanol–water partition coefficient (Wildman–Crippen LogP) is 2.61. The summed E-state index contributed by atoms with van der Waals surface area (Å²) in [5, 5.41) is 14.4. The molecule has 1 saturated heterocycles. The average molecular weight is 343 g/mol.